The number of carbonyl (C=O) groups excluding carboxylic acids is 2. The summed E-state index contributed by atoms with van der Waals surface area (Å²) in [6.07, 6.45) is 0.182. The van der Waals surface area contributed by atoms with Crippen molar-refractivity contribution in [2.24, 2.45) is 0 Å². The first-order valence-corrected chi connectivity index (χ1v) is 9.46. The molecule has 138 valence electrons. The number of benzene rings is 1. The summed E-state index contributed by atoms with van der Waals surface area (Å²) in [6.45, 7) is 5.69. The van der Waals surface area contributed by atoms with E-state index >= 15 is 0 Å². The molecule has 0 saturated carbocycles. The molecule has 3 rings (SSSR count). The van der Waals surface area contributed by atoms with Crippen LogP contribution in [0.5, 0.6) is 5.75 Å². The van der Waals surface area contributed by atoms with Crippen LogP contribution in [0.15, 0.2) is 29.6 Å². The first-order valence-electron chi connectivity index (χ1n) is 8.58. The van der Waals surface area contributed by atoms with Gasteiger partial charge < -0.3 is 15.4 Å². The molecule has 1 fully saturated rings. The third-order valence-corrected chi connectivity index (χ3v) is 4.93. The second-order valence-corrected chi connectivity index (χ2v) is 6.81. The Kier molecular flexibility index (Phi) is 5.72. The van der Waals surface area contributed by atoms with Crippen molar-refractivity contribution in [3.63, 3.8) is 0 Å². The maximum atomic E-state index is 12.3. The predicted molar refractivity (Wildman–Crippen MR) is 101 cm³/mol. The zero-order chi connectivity index (χ0) is 18.5. The summed E-state index contributed by atoms with van der Waals surface area (Å²) in [5.74, 6) is 0.682. The number of anilines is 1. The maximum absolute atomic E-state index is 12.3. The van der Waals surface area contributed by atoms with Crippen LogP contribution in [0.4, 0.5) is 9.93 Å². The number of nitrogens with zero attached hydrogens (tertiary/aromatic N) is 2. The third-order valence-electron chi connectivity index (χ3n) is 4.02. The molecule has 1 aliphatic rings. The SMILES string of the molecule is CCOc1cccc(C(C)NC(=O)Cc2csc(N3CCNC3=O)n2)c1. The van der Waals surface area contributed by atoms with E-state index in [0.29, 0.717) is 30.5 Å². The molecular formula is C18H22N4O3S. The van der Waals surface area contributed by atoms with Gasteiger partial charge in [-0.3, -0.25) is 9.69 Å². The highest BCUT2D eigenvalue weighted by atomic mass is 32.1. The van der Waals surface area contributed by atoms with Gasteiger partial charge in [0, 0.05) is 18.5 Å². The van der Waals surface area contributed by atoms with E-state index in [0.717, 1.165) is 11.3 Å². The van der Waals surface area contributed by atoms with Gasteiger partial charge in [-0.1, -0.05) is 12.1 Å². The average Bonchev–Trinajstić information content (AvgIpc) is 3.24. The Bertz CT molecular complexity index is 792. The molecule has 1 aromatic carbocycles. The highest BCUT2D eigenvalue weighted by molar-refractivity contribution is 7.14. The Morgan fingerprint density at radius 2 is 2.35 bits per heavy atom. The lowest BCUT2D eigenvalue weighted by Gasteiger charge is -2.15. The van der Waals surface area contributed by atoms with Crippen molar-refractivity contribution in [2.75, 3.05) is 24.6 Å². The molecule has 26 heavy (non-hydrogen) atoms. The molecule has 2 N–H and O–H groups in total. The molecule has 1 aliphatic heterocycles. The molecule has 2 heterocycles. The van der Waals surface area contributed by atoms with E-state index in [1.54, 1.807) is 4.90 Å². The van der Waals surface area contributed by atoms with Crippen LogP contribution in [0, 0.1) is 0 Å². The first-order chi connectivity index (χ1) is 12.6. The van der Waals surface area contributed by atoms with Crippen molar-refractivity contribution in [3.8, 4) is 5.75 Å². The van der Waals surface area contributed by atoms with E-state index in [9.17, 15) is 9.59 Å². The summed E-state index contributed by atoms with van der Waals surface area (Å²) < 4.78 is 5.50. The summed E-state index contributed by atoms with van der Waals surface area (Å²) in [7, 11) is 0. The van der Waals surface area contributed by atoms with E-state index in [2.05, 4.69) is 15.6 Å². The quantitative estimate of drug-likeness (QED) is 0.780. The van der Waals surface area contributed by atoms with E-state index < -0.39 is 0 Å². The zero-order valence-corrected chi connectivity index (χ0v) is 15.6. The van der Waals surface area contributed by atoms with Crippen molar-refractivity contribution < 1.29 is 14.3 Å². The maximum Gasteiger partial charge on any atom is 0.323 e. The van der Waals surface area contributed by atoms with E-state index in [4.69, 9.17) is 4.74 Å². The molecule has 1 saturated heterocycles. The lowest BCUT2D eigenvalue weighted by molar-refractivity contribution is -0.121. The number of thiazole rings is 1. The molecule has 1 aromatic heterocycles. The van der Waals surface area contributed by atoms with E-state index in [-0.39, 0.29) is 24.4 Å². The van der Waals surface area contributed by atoms with Crippen molar-refractivity contribution in [1.29, 1.82) is 0 Å². The number of carbonyl (C=O) groups is 2. The van der Waals surface area contributed by atoms with Gasteiger partial charge in [0.15, 0.2) is 5.13 Å². The number of hydrogen-bond donors (Lipinski definition) is 2. The molecule has 3 amide bonds. The van der Waals surface area contributed by atoms with Crippen LogP contribution in [0.2, 0.25) is 0 Å². The molecule has 1 unspecified atom stereocenters. The fourth-order valence-electron chi connectivity index (χ4n) is 2.74. The van der Waals surface area contributed by atoms with Gasteiger partial charge in [0.1, 0.15) is 5.75 Å². The standard InChI is InChI=1S/C18H22N4O3S/c1-3-25-15-6-4-5-13(9-15)12(2)20-16(23)10-14-11-26-18(21-14)22-8-7-19-17(22)24/h4-6,9,11-12H,3,7-8,10H2,1-2H3,(H,19,24)(H,20,23). The lowest BCUT2D eigenvalue weighted by atomic mass is 10.1. The van der Waals surface area contributed by atoms with Crippen LogP contribution in [-0.2, 0) is 11.2 Å². The summed E-state index contributed by atoms with van der Waals surface area (Å²) >= 11 is 1.37. The molecule has 0 aliphatic carbocycles. The topological polar surface area (TPSA) is 83.6 Å². The Morgan fingerprint density at radius 3 is 3.08 bits per heavy atom. The number of urea groups is 1. The van der Waals surface area contributed by atoms with Crippen LogP contribution in [0.25, 0.3) is 0 Å². The molecule has 0 bridgehead atoms. The molecule has 7 nitrogen and oxygen atoms in total. The molecule has 8 heteroatoms. The Labute approximate surface area is 156 Å². The molecule has 1 atom stereocenters. The molecular weight excluding hydrogens is 352 g/mol. The Hall–Kier alpha value is -2.61. The first kappa shape index (κ1) is 18.2. The van der Waals surface area contributed by atoms with Gasteiger partial charge in [-0.2, -0.15) is 0 Å². The Balaban J connectivity index is 1.57. The lowest BCUT2D eigenvalue weighted by Crippen LogP contribution is -2.29. The normalized spacial score (nSPS) is 14.8. The molecule has 2 aromatic rings. The summed E-state index contributed by atoms with van der Waals surface area (Å²) in [5.41, 5.74) is 1.65. The van der Waals surface area contributed by atoms with Crippen LogP contribution in [0.3, 0.4) is 0 Å². The highest BCUT2D eigenvalue weighted by Crippen LogP contribution is 2.23. The number of rotatable bonds is 7. The number of nitrogens with one attached hydrogen (secondary N) is 2. The molecule has 0 spiro atoms. The Morgan fingerprint density at radius 1 is 1.50 bits per heavy atom. The zero-order valence-electron chi connectivity index (χ0n) is 14.8. The number of ether oxygens (including phenoxy) is 1. The van der Waals surface area contributed by atoms with Gasteiger partial charge in [0.2, 0.25) is 5.91 Å². The van der Waals surface area contributed by atoms with E-state index in [1.165, 1.54) is 11.3 Å². The van der Waals surface area contributed by atoms with Crippen molar-refractivity contribution >= 4 is 28.4 Å². The smallest absolute Gasteiger partial charge is 0.323 e. The third kappa shape index (κ3) is 4.32. The fourth-order valence-corrected chi connectivity index (χ4v) is 3.59. The highest BCUT2D eigenvalue weighted by Gasteiger charge is 2.24. The van der Waals surface area contributed by atoms with Gasteiger partial charge in [0.05, 0.1) is 24.8 Å². The van der Waals surface area contributed by atoms with Gasteiger partial charge in [0.25, 0.3) is 0 Å². The van der Waals surface area contributed by atoms with Crippen LogP contribution >= 0.6 is 11.3 Å². The number of aromatic nitrogens is 1. The largest absolute Gasteiger partial charge is 0.494 e. The van der Waals surface area contributed by atoms with Gasteiger partial charge in [-0.05, 0) is 31.5 Å². The van der Waals surface area contributed by atoms with E-state index in [1.807, 2.05) is 43.5 Å². The fraction of sp³-hybridized carbons (Fsp3) is 0.389. The van der Waals surface area contributed by atoms with Crippen LogP contribution in [-0.4, -0.2) is 36.6 Å². The number of hydrogen-bond acceptors (Lipinski definition) is 5. The predicted octanol–water partition coefficient (Wildman–Crippen LogP) is 2.49. The summed E-state index contributed by atoms with van der Waals surface area (Å²) in [6, 6.07) is 7.43. The number of amides is 3. The summed E-state index contributed by atoms with van der Waals surface area (Å²) in [4.78, 5) is 30.0. The monoisotopic (exact) mass is 374 g/mol. The van der Waals surface area contributed by atoms with Crippen molar-refractivity contribution in [3.05, 3.63) is 40.9 Å². The van der Waals surface area contributed by atoms with Crippen LogP contribution < -0.4 is 20.3 Å². The van der Waals surface area contributed by atoms with Gasteiger partial charge >= 0.3 is 6.03 Å². The van der Waals surface area contributed by atoms with Crippen molar-refractivity contribution in [1.82, 2.24) is 15.6 Å². The second-order valence-electron chi connectivity index (χ2n) is 5.98. The summed E-state index contributed by atoms with van der Waals surface area (Å²) in [5, 5.41) is 8.16. The minimum absolute atomic E-state index is 0.109. The average molecular weight is 374 g/mol. The van der Waals surface area contributed by atoms with Crippen LogP contribution in [0.1, 0.15) is 31.1 Å². The second kappa shape index (κ2) is 8.18. The van der Waals surface area contributed by atoms with Crippen molar-refractivity contribution in [2.45, 2.75) is 26.3 Å². The van der Waals surface area contributed by atoms with Gasteiger partial charge in [-0.25, -0.2) is 9.78 Å². The van der Waals surface area contributed by atoms with Gasteiger partial charge in [-0.15, -0.1) is 11.3 Å². The minimum Gasteiger partial charge on any atom is -0.494 e. The molecule has 0 radical (unpaired) electrons. The minimum atomic E-state index is -0.141.